The van der Waals surface area contributed by atoms with Gasteiger partial charge in [-0.05, 0) is 42.4 Å². The zero-order chi connectivity index (χ0) is 16.5. The maximum Gasteiger partial charge on any atom is 0.191 e. The van der Waals surface area contributed by atoms with Crippen LogP contribution in [0.3, 0.4) is 0 Å². The van der Waals surface area contributed by atoms with E-state index in [-0.39, 0.29) is 6.61 Å². The number of para-hydroxylation sites is 2. The molecule has 2 aromatic carbocycles. The molecule has 0 saturated heterocycles. The smallest absolute Gasteiger partial charge is 0.191 e. The van der Waals surface area contributed by atoms with Crippen LogP contribution in [-0.4, -0.2) is 30.2 Å². The van der Waals surface area contributed by atoms with Gasteiger partial charge >= 0.3 is 0 Å². The maximum atomic E-state index is 9.08. The van der Waals surface area contributed by atoms with Crippen molar-refractivity contribution in [2.75, 3.05) is 19.0 Å². The highest BCUT2D eigenvalue weighted by Crippen LogP contribution is 2.16. The Morgan fingerprint density at radius 1 is 1.22 bits per heavy atom. The molecule has 2 rings (SSSR count). The molecule has 0 aliphatic heterocycles. The maximum absolute atomic E-state index is 9.08. The van der Waals surface area contributed by atoms with Gasteiger partial charge in [-0.25, -0.2) is 0 Å². The van der Waals surface area contributed by atoms with Crippen molar-refractivity contribution >= 4 is 29.2 Å². The van der Waals surface area contributed by atoms with E-state index in [1.165, 1.54) is 0 Å². The first-order valence-electron chi connectivity index (χ1n) is 7.16. The summed E-state index contributed by atoms with van der Waals surface area (Å²) in [7, 11) is 1.62. The summed E-state index contributed by atoms with van der Waals surface area (Å²) in [5.74, 6) is 0.741. The number of methoxy groups -OCH3 is 1. The molecule has 0 fully saturated rings. The molecular weight excluding hydrogens is 310 g/mol. The number of ether oxygens (including phenoxy) is 1. The Hall–Kier alpha value is -2.44. The molecule has 0 unspecified atom stereocenters. The molecule has 0 spiro atoms. The summed E-state index contributed by atoms with van der Waals surface area (Å²) in [4.78, 5) is 0. The zero-order valence-corrected chi connectivity index (χ0v) is 13.6. The summed E-state index contributed by atoms with van der Waals surface area (Å²) in [6.45, 7) is 0.0881. The standard InChI is InChI=1S/C17H19N3O2S/c1-22-16-9-5-3-7-14(16)12-18-20-17(23)19-15-8-4-2-6-13(15)10-11-21/h2-9,12,21H,10-11H2,1H3,(H2,19,20,23)/b18-12+. The molecule has 5 nitrogen and oxygen atoms in total. The SMILES string of the molecule is COc1ccccc1/C=N/NC(=S)Nc1ccccc1CCO. The van der Waals surface area contributed by atoms with Crippen molar-refractivity contribution in [2.24, 2.45) is 5.10 Å². The third-order valence-electron chi connectivity index (χ3n) is 3.16. The quantitative estimate of drug-likeness (QED) is 0.432. The fourth-order valence-electron chi connectivity index (χ4n) is 2.06. The average molecular weight is 329 g/mol. The molecule has 0 aliphatic carbocycles. The summed E-state index contributed by atoms with van der Waals surface area (Å²) < 4.78 is 5.25. The van der Waals surface area contributed by atoms with Crippen LogP contribution in [0.2, 0.25) is 0 Å². The van der Waals surface area contributed by atoms with Gasteiger partial charge in [0.05, 0.1) is 13.3 Å². The Balaban J connectivity index is 1.96. The Kier molecular flexibility index (Phi) is 6.53. The number of hydrazone groups is 1. The van der Waals surface area contributed by atoms with Crippen LogP contribution in [0.4, 0.5) is 5.69 Å². The van der Waals surface area contributed by atoms with Crippen LogP contribution in [0.15, 0.2) is 53.6 Å². The number of benzene rings is 2. The summed E-state index contributed by atoms with van der Waals surface area (Å²) in [5.41, 5.74) is 5.47. The van der Waals surface area contributed by atoms with Crippen molar-refractivity contribution in [3.05, 3.63) is 59.7 Å². The first kappa shape index (κ1) is 16.9. The number of anilines is 1. The highest BCUT2D eigenvalue weighted by atomic mass is 32.1. The lowest BCUT2D eigenvalue weighted by molar-refractivity contribution is 0.300. The van der Waals surface area contributed by atoms with E-state index in [2.05, 4.69) is 15.8 Å². The molecule has 0 heterocycles. The van der Waals surface area contributed by atoms with Gasteiger partial charge < -0.3 is 15.2 Å². The minimum Gasteiger partial charge on any atom is -0.496 e. The lowest BCUT2D eigenvalue weighted by Gasteiger charge is -2.11. The predicted octanol–water partition coefficient (Wildman–Crippen LogP) is 2.55. The Morgan fingerprint density at radius 2 is 1.96 bits per heavy atom. The summed E-state index contributed by atoms with van der Waals surface area (Å²) in [6.07, 6.45) is 2.21. The van der Waals surface area contributed by atoms with Gasteiger partial charge in [-0.1, -0.05) is 30.3 Å². The van der Waals surface area contributed by atoms with Crippen molar-refractivity contribution in [1.29, 1.82) is 0 Å². The van der Waals surface area contributed by atoms with Gasteiger partial charge in [0.25, 0.3) is 0 Å². The van der Waals surface area contributed by atoms with E-state index in [0.29, 0.717) is 11.5 Å². The van der Waals surface area contributed by atoms with Gasteiger partial charge in [0, 0.05) is 17.9 Å². The van der Waals surface area contributed by atoms with Crippen LogP contribution < -0.4 is 15.5 Å². The second kappa shape index (κ2) is 8.87. The number of hydrogen-bond donors (Lipinski definition) is 3. The van der Waals surface area contributed by atoms with Gasteiger partial charge in [0.2, 0.25) is 0 Å². The number of nitrogens with one attached hydrogen (secondary N) is 2. The largest absolute Gasteiger partial charge is 0.496 e. The molecule has 120 valence electrons. The molecule has 0 aliphatic rings. The average Bonchev–Trinajstić information content (AvgIpc) is 2.57. The van der Waals surface area contributed by atoms with Gasteiger partial charge in [-0.3, -0.25) is 5.43 Å². The predicted molar refractivity (Wildman–Crippen MR) is 97.2 cm³/mol. The fourth-order valence-corrected chi connectivity index (χ4v) is 2.23. The molecule has 0 atom stereocenters. The van der Waals surface area contributed by atoms with Crippen molar-refractivity contribution in [3.63, 3.8) is 0 Å². The zero-order valence-electron chi connectivity index (χ0n) is 12.8. The van der Waals surface area contributed by atoms with Crippen molar-refractivity contribution in [1.82, 2.24) is 5.43 Å². The molecule has 0 saturated carbocycles. The Bertz CT molecular complexity index is 689. The fraction of sp³-hybridized carbons (Fsp3) is 0.176. The first-order valence-corrected chi connectivity index (χ1v) is 7.57. The monoisotopic (exact) mass is 329 g/mol. The minimum absolute atomic E-state index is 0.0881. The molecule has 0 amide bonds. The molecule has 3 N–H and O–H groups in total. The van der Waals surface area contributed by atoms with E-state index in [0.717, 1.165) is 22.6 Å². The number of hydrogen-bond acceptors (Lipinski definition) is 4. The van der Waals surface area contributed by atoms with Crippen LogP contribution in [0.25, 0.3) is 0 Å². The summed E-state index contributed by atoms with van der Waals surface area (Å²) >= 11 is 5.23. The number of aliphatic hydroxyl groups excluding tert-OH is 1. The van der Waals surface area contributed by atoms with Gasteiger partial charge in [0.15, 0.2) is 5.11 Å². The van der Waals surface area contributed by atoms with E-state index in [9.17, 15) is 0 Å². The van der Waals surface area contributed by atoms with E-state index in [1.54, 1.807) is 13.3 Å². The molecule has 2 aromatic rings. The third kappa shape index (κ3) is 5.05. The lowest BCUT2D eigenvalue weighted by atomic mass is 10.1. The lowest BCUT2D eigenvalue weighted by Crippen LogP contribution is -2.24. The van der Waals surface area contributed by atoms with E-state index in [4.69, 9.17) is 22.1 Å². The van der Waals surface area contributed by atoms with Crippen LogP contribution >= 0.6 is 12.2 Å². The number of rotatable bonds is 6. The van der Waals surface area contributed by atoms with Gasteiger partial charge in [-0.2, -0.15) is 5.10 Å². The van der Waals surface area contributed by atoms with Gasteiger partial charge in [-0.15, -0.1) is 0 Å². The second-order valence-corrected chi connectivity index (χ2v) is 5.11. The van der Waals surface area contributed by atoms with Crippen LogP contribution in [-0.2, 0) is 6.42 Å². The molecule has 0 bridgehead atoms. The van der Waals surface area contributed by atoms with E-state index in [1.807, 2.05) is 48.5 Å². The minimum atomic E-state index is 0.0881. The number of nitrogens with zero attached hydrogens (tertiary/aromatic N) is 1. The van der Waals surface area contributed by atoms with Crippen molar-refractivity contribution in [3.8, 4) is 5.75 Å². The normalized spacial score (nSPS) is 10.5. The topological polar surface area (TPSA) is 65.9 Å². The van der Waals surface area contributed by atoms with Crippen LogP contribution in [0.5, 0.6) is 5.75 Å². The molecular formula is C17H19N3O2S. The second-order valence-electron chi connectivity index (χ2n) is 4.70. The molecule has 23 heavy (non-hydrogen) atoms. The van der Waals surface area contributed by atoms with E-state index < -0.39 is 0 Å². The van der Waals surface area contributed by atoms with Crippen LogP contribution in [0, 0.1) is 0 Å². The Labute approximate surface area is 141 Å². The van der Waals surface area contributed by atoms with Crippen molar-refractivity contribution < 1.29 is 9.84 Å². The highest BCUT2D eigenvalue weighted by molar-refractivity contribution is 7.80. The van der Waals surface area contributed by atoms with E-state index >= 15 is 0 Å². The number of aliphatic hydroxyl groups is 1. The van der Waals surface area contributed by atoms with Gasteiger partial charge in [0.1, 0.15) is 5.75 Å². The van der Waals surface area contributed by atoms with Crippen LogP contribution in [0.1, 0.15) is 11.1 Å². The number of thiocarbonyl (C=S) groups is 1. The summed E-state index contributed by atoms with van der Waals surface area (Å²) in [5, 5.41) is 16.6. The summed E-state index contributed by atoms with van der Waals surface area (Å²) in [6, 6.07) is 15.2. The van der Waals surface area contributed by atoms with Crippen molar-refractivity contribution in [2.45, 2.75) is 6.42 Å². The molecule has 0 aromatic heterocycles. The Morgan fingerprint density at radius 3 is 2.74 bits per heavy atom. The molecule has 0 radical (unpaired) electrons. The molecule has 6 heteroatoms. The highest BCUT2D eigenvalue weighted by Gasteiger charge is 2.03. The first-order chi connectivity index (χ1) is 11.2. The third-order valence-corrected chi connectivity index (χ3v) is 3.35.